The van der Waals surface area contributed by atoms with Crippen molar-refractivity contribution in [1.29, 1.82) is 0 Å². The number of amides is 1. The van der Waals surface area contributed by atoms with Crippen molar-refractivity contribution in [3.05, 3.63) is 32.7 Å². The maximum atomic E-state index is 12.2. The molecule has 1 amide bonds. The summed E-state index contributed by atoms with van der Waals surface area (Å²) in [6.45, 7) is 3.53. The largest absolute Gasteiger partial charge is 0.379 e. The number of rotatable bonds is 6. The zero-order valence-electron chi connectivity index (χ0n) is 12.9. The molecule has 0 bridgehead atoms. The third kappa shape index (κ3) is 4.81. The van der Waals surface area contributed by atoms with Gasteiger partial charge >= 0.3 is 0 Å². The van der Waals surface area contributed by atoms with Crippen LogP contribution in [0.2, 0.25) is 0 Å². The number of thiazole rings is 2. The van der Waals surface area contributed by atoms with Crippen molar-refractivity contribution in [2.24, 2.45) is 0 Å². The normalized spacial score (nSPS) is 21.3. The number of nitrogens with zero attached hydrogens (tertiary/aromatic N) is 2. The van der Waals surface area contributed by atoms with Gasteiger partial charge in [0, 0.05) is 17.4 Å². The number of aromatic nitrogens is 2. The van der Waals surface area contributed by atoms with E-state index in [0.717, 1.165) is 22.8 Å². The van der Waals surface area contributed by atoms with E-state index >= 15 is 0 Å². The lowest BCUT2D eigenvalue weighted by molar-refractivity contribution is -0.126. The summed E-state index contributed by atoms with van der Waals surface area (Å²) >= 11 is 3.10. The van der Waals surface area contributed by atoms with E-state index in [2.05, 4.69) is 15.3 Å². The van der Waals surface area contributed by atoms with E-state index in [1.54, 1.807) is 28.2 Å². The van der Waals surface area contributed by atoms with Crippen LogP contribution in [0.1, 0.15) is 22.8 Å². The quantitative estimate of drug-likeness (QED) is 0.859. The number of ether oxygens (including phenoxy) is 2. The monoisotopic (exact) mass is 353 g/mol. The van der Waals surface area contributed by atoms with Gasteiger partial charge in [0.2, 0.25) is 5.91 Å². The van der Waals surface area contributed by atoms with Gasteiger partial charge in [-0.05, 0) is 13.3 Å². The van der Waals surface area contributed by atoms with Crippen LogP contribution in [0.25, 0.3) is 0 Å². The molecular weight excluding hydrogens is 334 g/mol. The van der Waals surface area contributed by atoms with Crippen molar-refractivity contribution >= 4 is 28.6 Å². The Morgan fingerprint density at radius 2 is 2.39 bits per heavy atom. The van der Waals surface area contributed by atoms with Gasteiger partial charge in [-0.3, -0.25) is 4.79 Å². The third-order valence-corrected chi connectivity index (χ3v) is 5.03. The molecule has 124 valence electrons. The lowest BCUT2D eigenvalue weighted by Gasteiger charge is -2.31. The topological polar surface area (TPSA) is 73.3 Å². The Morgan fingerprint density at radius 3 is 3.13 bits per heavy atom. The van der Waals surface area contributed by atoms with E-state index in [1.807, 2.05) is 17.7 Å². The van der Waals surface area contributed by atoms with Crippen LogP contribution >= 0.6 is 22.7 Å². The van der Waals surface area contributed by atoms with Gasteiger partial charge in [-0.15, -0.1) is 22.7 Å². The highest BCUT2D eigenvalue weighted by atomic mass is 32.1. The van der Waals surface area contributed by atoms with E-state index in [0.29, 0.717) is 26.2 Å². The van der Waals surface area contributed by atoms with Gasteiger partial charge in [0.1, 0.15) is 0 Å². The predicted octanol–water partition coefficient (Wildman–Crippen LogP) is 1.94. The SMILES string of the molecule is Cc1nc(CC(=O)N[C@@H]2COCC[C@@H]2OCc2cscn2)cs1. The first-order valence-corrected chi connectivity index (χ1v) is 9.30. The van der Waals surface area contributed by atoms with Crippen molar-refractivity contribution in [1.82, 2.24) is 15.3 Å². The molecule has 2 aromatic heterocycles. The molecule has 2 atom stereocenters. The summed E-state index contributed by atoms with van der Waals surface area (Å²) in [4.78, 5) is 20.7. The molecule has 1 saturated heterocycles. The Balaban J connectivity index is 1.52. The minimum atomic E-state index is -0.130. The fourth-order valence-corrected chi connectivity index (χ4v) is 3.62. The van der Waals surface area contributed by atoms with Gasteiger partial charge in [0.05, 0.1) is 53.7 Å². The molecule has 0 aliphatic carbocycles. The van der Waals surface area contributed by atoms with Gasteiger partial charge in [-0.1, -0.05) is 0 Å². The molecule has 8 heteroatoms. The molecule has 2 aromatic rings. The number of carbonyl (C=O) groups is 1. The van der Waals surface area contributed by atoms with Crippen LogP contribution in [-0.2, 0) is 27.3 Å². The second kappa shape index (κ2) is 7.96. The summed E-state index contributed by atoms with van der Waals surface area (Å²) in [5.41, 5.74) is 3.52. The minimum Gasteiger partial charge on any atom is -0.379 e. The Labute approximate surface area is 142 Å². The summed E-state index contributed by atoms with van der Waals surface area (Å²) in [6, 6.07) is -0.130. The van der Waals surface area contributed by atoms with Crippen molar-refractivity contribution in [2.75, 3.05) is 13.2 Å². The zero-order chi connectivity index (χ0) is 16.1. The average molecular weight is 353 g/mol. The lowest BCUT2D eigenvalue weighted by atomic mass is 10.1. The number of hydrogen-bond acceptors (Lipinski definition) is 7. The van der Waals surface area contributed by atoms with Gasteiger partial charge in [0.15, 0.2) is 0 Å². The Kier molecular flexibility index (Phi) is 5.71. The summed E-state index contributed by atoms with van der Waals surface area (Å²) in [5, 5.41) is 7.87. The van der Waals surface area contributed by atoms with Gasteiger partial charge < -0.3 is 14.8 Å². The summed E-state index contributed by atoms with van der Waals surface area (Å²) in [7, 11) is 0. The summed E-state index contributed by atoms with van der Waals surface area (Å²) in [6.07, 6.45) is 1.01. The molecule has 0 aromatic carbocycles. The van der Waals surface area contributed by atoms with Crippen LogP contribution in [0.5, 0.6) is 0 Å². The highest BCUT2D eigenvalue weighted by Crippen LogP contribution is 2.15. The molecule has 3 rings (SSSR count). The zero-order valence-corrected chi connectivity index (χ0v) is 14.5. The molecule has 3 heterocycles. The van der Waals surface area contributed by atoms with E-state index in [-0.39, 0.29) is 18.1 Å². The fourth-order valence-electron chi connectivity index (χ4n) is 2.47. The van der Waals surface area contributed by atoms with Crippen LogP contribution < -0.4 is 5.32 Å². The second-order valence-electron chi connectivity index (χ2n) is 5.40. The summed E-state index contributed by atoms with van der Waals surface area (Å²) in [5.74, 6) is -0.0481. The molecule has 0 saturated carbocycles. The van der Waals surface area contributed by atoms with Crippen molar-refractivity contribution < 1.29 is 14.3 Å². The van der Waals surface area contributed by atoms with E-state index in [9.17, 15) is 4.79 Å². The average Bonchev–Trinajstić information content (AvgIpc) is 3.18. The Morgan fingerprint density at radius 1 is 1.48 bits per heavy atom. The molecule has 1 aliphatic heterocycles. The van der Waals surface area contributed by atoms with Crippen LogP contribution in [0, 0.1) is 6.92 Å². The van der Waals surface area contributed by atoms with Gasteiger partial charge in [0.25, 0.3) is 0 Å². The molecule has 6 nitrogen and oxygen atoms in total. The number of carbonyl (C=O) groups excluding carboxylic acids is 1. The van der Waals surface area contributed by atoms with Gasteiger partial charge in [-0.25, -0.2) is 9.97 Å². The first-order chi connectivity index (χ1) is 11.2. The van der Waals surface area contributed by atoms with Crippen LogP contribution in [0.4, 0.5) is 0 Å². The molecular formula is C15H19N3O3S2. The Bertz CT molecular complexity index is 630. The highest BCUT2D eigenvalue weighted by molar-refractivity contribution is 7.09. The van der Waals surface area contributed by atoms with Crippen molar-refractivity contribution in [2.45, 2.75) is 38.5 Å². The number of hydrogen-bond donors (Lipinski definition) is 1. The standard InChI is InChI=1S/C15H19N3O3S2/c1-10-17-11(8-23-10)4-15(19)18-13-6-20-3-2-14(13)21-5-12-7-22-9-16-12/h7-9,13-14H,2-6H2,1H3,(H,18,19)/t13-,14+/m1/s1. The molecule has 1 aliphatic rings. The lowest BCUT2D eigenvalue weighted by Crippen LogP contribution is -2.50. The van der Waals surface area contributed by atoms with E-state index in [4.69, 9.17) is 9.47 Å². The third-order valence-electron chi connectivity index (χ3n) is 3.58. The molecule has 0 radical (unpaired) electrons. The summed E-state index contributed by atoms with van der Waals surface area (Å²) < 4.78 is 11.4. The molecule has 0 spiro atoms. The van der Waals surface area contributed by atoms with Gasteiger partial charge in [-0.2, -0.15) is 0 Å². The highest BCUT2D eigenvalue weighted by Gasteiger charge is 2.28. The molecule has 23 heavy (non-hydrogen) atoms. The first-order valence-electron chi connectivity index (χ1n) is 7.47. The first kappa shape index (κ1) is 16.5. The minimum absolute atomic E-state index is 0.0481. The van der Waals surface area contributed by atoms with Crippen molar-refractivity contribution in [3.63, 3.8) is 0 Å². The van der Waals surface area contributed by atoms with Crippen LogP contribution in [0.3, 0.4) is 0 Å². The Hall–Kier alpha value is -1.35. The van der Waals surface area contributed by atoms with Crippen molar-refractivity contribution in [3.8, 4) is 0 Å². The number of nitrogens with one attached hydrogen (secondary N) is 1. The molecule has 1 N–H and O–H groups in total. The molecule has 0 unspecified atom stereocenters. The van der Waals surface area contributed by atoms with Crippen LogP contribution in [-0.4, -0.2) is 41.2 Å². The fraction of sp³-hybridized carbons (Fsp3) is 0.533. The maximum absolute atomic E-state index is 12.2. The predicted molar refractivity (Wildman–Crippen MR) is 88.6 cm³/mol. The van der Waals surface area contributed by atoms with E-state index < -0.39 is 0 Å². The van der Waals surface area contributed by atoms with Crippen LogP contribution in [0.15, 0.2) is 16.3 Å². The second-order valence-corrected chi connectivity index (χ2v) is 7.18. The number of aryl methyl sites for hydroxylation is 1. The maximum Gasteiger partial charge on any atom is 0.226 e. The smallest absolute Gasteiger partial charge is 0.226 e. The van der Waals surface area contributed by atoms with E-state index in [1.165, 1.54) is 0 Å². The molecule has 1 fully saturated rings.